The molecule has 1 amide bonds. The number of aromatic amines is 1. The van der Waals surface area contributed by atoms with E-state index in [2.05, 4.69) is 10.3 Å². The van der Waals surface area contributed by atoms with Crippen LogP contribution in [0.2, 0.25) is 0 Å². The van der Waals surface area contributed by atoms with Gasteiger partial charge in [-0.25, -0.2) is 0 Å². The lowest BCUT2D eigenvalue weighted by atomic mass is 10.1. The lowest BCUT2D eigenvalue weighted by Gasteiger charge is -2.09. The Morgan fingerprint density at radius 3 is 2.60 bits per heavy atom. The number of aromatic hydroxyl groups is 1. The third-order valence-corrected chi connectivity index (χ3v) is 2.83. The Bertz CT molecular complexity index is 758. The summed E-state index contributed by atoms with van der Waals surface area (Å²) in [4.78, 5) is 25.9. The van der Waals surface area contributed by atoms with Crippen molar-refractivity contribution < 1.29 is 9.90 Å². The van der Waals surface area contributed by atoms with Crippen molar-refractivity contribution in [3.63, 3.8) is 0 Å². The second kappa shape index (κ2) is 5.28. The number of nitrogens with zero attached hydrogens (tertiary/aromatic N) is 1. The molecule has 0 aliphatic rings. The molecule has 20 heavy (non-hydrogen) atoms. The number of H-pyrrole nitrogens is 1. The van der Waals surface area contributed by atoms with E-state index in [1.807, 2.05) is 0 Å². The normalized spacial score (nSPS) is 9.80. The van der Waals surface area contributed by atoms with Gasteiger partial charge in [-0.05, 0) is 19.1 Å². The lowest BCUT2D eigenvalue weighted by Crippen LogP contribution is -2.21. The molecule has 3 N–H and O–H groups in total. The quantitative estimate of drug-likeness (QED) is 0.768. The molecule has 0 saturated carbocycles. The SMILES string of the molecule is Cc1c(C#N)c(O)[nH]c(=O)c1NC(=O)c1ccccc1. The molecular weight excluding hydrogens is 258 g/mol. The van der Waals surface area contributed by atoms with Gasteiger partial charge in [0.25, 0.3) is 11.5 Å². The first-order valence-electron chi connectivity index (χ1n) is 5.77. The Labute approximate surface area is 114 Å². The molecular formula is C14H11N3O3. The van der Waals surface area contributed by atoms with E-state index in [0.717, 1.165) is 0 Å². The summed E-state index contributed by atoms with van der Waals surface area (Å²) in [6.07, 6.45) is 0. The standard InChI is InChI=1S/C14H11N3O3/c1-8-10(7-15)13(19)17-14(20)11(8)16-12(18)9-5-3-2-4-6-9/h2-6H,1H3,(H,16,18)(H2,17,19,20). The Morgan fingerprint density at radius 2 is 2.00 bits per heavy atom. The smallest absolute Gasteiger partial charge is 0.274 e. The highest BCUT2D eigenvalue weighted by atomic mass is 16.3. The van der Waals surface area contributed by atoms with Gasteiger partial charge in [0.05, 0.1) is 0 Å². The van der Waals surface area contributed by atoms with Crippen LogP contribution >= 0.6 is 0 Å². The first-order chi connectivity index (χ1) is 9.54. The van der Waals surface area contributed by atoms with E-state index in [1.54, 1.807) is 36.4 Å². The summed E-state index contributed by atoms with van der Waals surface area (Å²) in [6, 6.07) is 10.1. The number of carbonyl (C=O) groups excluding carboxylic acids is 1. The maximum atomic E-state index is 12.0. The molecule has 1 aromatic heterocycles. The largest absolute Gasteiger partial charge is 0.494 e. The average molecular weight is 269 g/mol. The monoisotopic (exact) mass is 269 g/mol. The molecule has 1 aromatic carbocycles. The molecule has 2 aromatic rings. The van der Waals surface area contributed by atoms with Gasteiger partial charge in [-0.3, -0.25) is 14.6 Å². The van der Waals surface area contributed by atoms with Crippen LogP contribution < -0.4 is 10.9 Å². The summed E-state index contributed by atoms with van der Waals surface area (Å²) >= 11 is 0. The zero-order valence-electron chi connectivity index (χ0n) is 10.6. The molecule has 2 rings (SSSR count). The van der Waals surface area contributed by atoms with Crippen LogP contribution in [0.25, 0.3) is 0 Å². The molecule has 0 bridgehead atoms. The van der Waals surface area contributed by atoms with Crippen LogP contribution in [-0.4, -0.2) is 16.0 Å². The zero-order chi connectivity index (χ0) is 14.7. The molecule has 0 atom stereocenters. The van der Waals surface area contributed by atoms with E-state index in [1.165, 1.54) is 6.92 Å². The summed E-state index contributed by atoms with van der Waals surface area (Å²) in [5, 5.41) is 20.8. The van der Waals surface area contributed by atoms with Crippen LogP contribution in [0.5, 0.6) is 5.88 Å². The number of aromatic nitrogens is 1. The molecule has 100 valence electrons. The van der Waals surface area contributed by atoms with E-state index < -0.39 is 17.3 Å². The Morgan fingerprint density at radius 1 is 1.35 bits per heavy atom. The van der Waals surface area contributed by atoms with Gasteiger partial charge in [0.2, 0.25) is 5.88 Å². The van der Waals surface area contributed by atoms with Crippen molar-refractivity contribution in [2.24, 2.45) is 0 Å². The Hall–Kier alpha value is -3.07. The van der Waals surface area contributed by atoms with E-state index in [9.17, 15) is 14.7 Å². The Balaban J connectivity index is 2.43. The third kappa shape index (κ3) is 2.37. The van der Waals surface area contributed by atoms with Gasteiger partial charge in [-0.15, -0.1) is 0 Å². The summed E-state index contributed by atoms with van der Waals surface area (Å²) in [7, 11) is 0. The van der Waals surface area contributed by atoms with Crippen molar-refractivity contribution in [1.29, 1.82) is 5.26 Å². The van der Waals surface area contributed by atoms with Gasteiger partial charge in [0, 0.05) is 11.1 Å². The molecule has 0 fully saturated rings. The first kappa shape index (κ1) is 13.4. The molecule has 0 aliphatic carbocycles. The van der Waals surface area contributed by atoms with Crippen LogP contribution in [0.3, 0.4) is 0 Å². The molecule has 6 heteroatoms. The van der Waals surface area contributed by atoms with Gasteiger partial charge in [-0.2, -0.15) is 5.26 Å². The first-order valence-corrected chi connectivity index (χ1v) is 5.77. The van der Waals surface area contributed by atoms with E-state index in [4.69, 9.17) is 5.26 Å². The second-order valence-electron chi connectivity index (χ2n) is 4.11. The van der Waals surface area contributed by atoms with E-state index >= 15 is 0 Å². The number of hydrogen-bond acceptors (Lipinski definition) is 4. The van der Waals surface area contributed by atoms with Gasteiger partial charge in [0.15, 0.2) is 0 Å². The summed E-state index contributed by atoms with van der Waals surface area (Å²) in [5.74, 6) is -0.971. The zero-order valence-corrected chi connectivity index (χ0v) is 10.6. The minimum absolute atomic E-state index is 0.0480. The topological polar surface area (TPSA) is 106 Å². The van der Waals surface area contributed by atoms with Crippen molar-refractivity contribution in [3.8, 4) is 11.9 Å². The van der Waals surface area contributed by atoms with E-state index in [0.29, 0.717) is 5.56 Å². The fourth-order valence-corrected chi connectivity index (χ4v) is 1.77. The highest BCUT2D eigenvalue weighted by Gasteiger charge is 2.16. The second-order valence-corrected chi connectivity index (χ2v) is 4.11. The number of carbonyl (C=O) groups is 1. The lowest BCUT2D eigenvalue weighted by molar-refractivity contribution is 0.102. The predicted molar refractivity (Wildman–Crippen MR) is 72.6 cm³/mol. The minimum atomic E-state index is -0.664. The van der Waals surface area contributed by atoms with Crippen molar-refractivity contribution in [2.75, 3.05) is 5.32 Å². The number of anilines is 1. The molecule has 0 aliphatic heterocycles. The number of amides is 1. The maximum Gasteiger partial charge on any atom is 0.274 e. The fourth-order valence-electron chi connectivity index (χ4n) is 1.77. The van der Waals surface area contributed by atoms with Gasteiger partial charge < -0.3 is 10.4 Å². The van der Waals surface area contributed by atoms with Crippen LogP contribution in [-0.2, 0) is 0 Å². The number of nitrogens with one attached hydrogen (secondary N) is 2. The van der Waals surface area contributed by atoms with Crippen LogP contribution in [0.15, 0.2) is 35.1 Å². The third-order valence-electron chi connectivity index (χ3n) is 2.83. The average Bonchev–Trinajstić information content (AvgIpc) is 2.44. The molecule has 0 spiro atoms. The molecule has 1 heterocycles. The summed E-state index contributed by atoms with van der Waals surface area (Å²) in [5.41, 5.74) is -0.180. The maximum absolute atomic E-state index is 12.0. The fraction of sp³-hybridized carbons (Fsp3) is 0.0714. The number of nitriles is 1. The van der Waals surface area contributed by atoms with Crippen LogP contribution in [0.1, 0.15) is 21.5 Å². The van der Waals surface area contributed by atoms with Crippen LogP contribution in [0, 0.1) is 18.3 Å². The van der Waals surface area contributed by atoms with E-state index in [-0.39, 0.29) is 16.8 Å². The Kier molecular flexibility index (Phi) is 3.53. The number of pyridine rings is 1. The number of hydrogen-bond donors (Lipinski definition) is 3. The van der Waals surface area contributed by atoms with Crippen molar-refractivity contribution in [3.05, 3.63) is 57.4 Å². The van der Waals surface area contributed by atoms with Crippen LogP contribution in [0.4, 0.5) is 5.69 Å². The predicted octanol–water partition coefficient (Wildman–Crippen LogP) is 1.51. The van der Waals surface area contributed by atoms with Gasteiger partial charge in [0.1, 0.15) is 17.3 Å². The number of rotatable bonds is 2. The summed E-state index contributed by atoms with van der Waals surface area (Å²) < 4.78 is 0. The van der Waals surface area contributed by atoms with Crippen molar-refractivity contribution >= 4 is 11.6 Å². The molecule has 0 unspecified atom stereocenters. The molecule has 0 radical (unpaired) electrons. The number of benzene rings is 1. The van der Waals surface area contributed by atoms with Gasteiger partial charge in [-0.1, -0.05) is 18.2 Å². The van der Waals surface area contributed by atoms with Gasteiger partial charge >= 0.3 is 0 Å². The summed E-state index contributed by atoms with van der Waals surface area (Å²) in [6.45, 7) is 1.48. The molecule has 0 saturated heterocycles. The molecule has 6 nitrogen and oxygen atoms in total. The van der Waals surface area contributed by atoms with Crippen molar-refractivity contribution in [1.82, 2.24) is 4.98 Å². The highest BCUT2D eigenvalue weighted by molar-refractivity contribution is 6.04. The van der Waals surface area contributed by atoms with Crippen molar-refractivity contribution in [2.45, 2.75) is 6.92 Å². The highest BCUT2D eigenvalue weighted by Crippen LogP contribution is 2.20. The minimum Gasteiger partial charge on any atom is -0.494 e.